The molecule has 2 aromatic rings. The van der Waals surface area contributed by atoms with Crippen LogP contribution in [0.5, 0.6) is 0 Å². The van der Waals surface area contributed by atoms with Crippen molar-refractivity contribution in [1.29, 1.82) is 0 Å². The topological polar surface area (TPSA) is 99.4 Å². The summed E-state index contributed by atoms with van der Waals surface area (Å²) in [7, 11) is 0. The number of nitro benzene ring substituents is 1. The minimum atomic E-state index is -0.599. The zero-order valence-electron chi connectivity index (χ0n) is 10.1. The summed E-state index contributed by atoms with van der Waals surface area (Å²) in [5.74, 6) is 0.127. The Labute approximate surface area is 122 Å². The summed E-state index contributed by atoms with van der Waals surface area (Å²) >= 11 is 3.19. The van der Waals surface area contributed by atoms with E-state index < -0.39 is 10.8 Å². The number of hydrogen-bond acceptors (Lipinski definition) is 4. The fourth-order valence-electron chi connectivity index (χ4n) is 1.62. The molecule has 0 spiro atoms. The van der Waals surface area contributed by atoms with E-state index in [1.807, 2.05) is 0 Å². The number of carbonyl (C=O) groups is 1. The molecular formula is C13H9BrN2O4. The number of amides is 1. The summed E-state index contributed by atoms with van der Waals surface area (Å²) in [6.45, 7) is 0. The SMILES string of the molecule is NC(=O)/C=C\c1ccc(-c2ccc(Br)cc2[N+](=O)[O-])o1. The summed E-state index contributed by atoms with van der Waals surface area (Å²) in [6, 6.07) is 7.86. The third kappa shape index (κ3) is 3.12. The van der Waals surface area contributed by atoms with Crippen molar-refractivity contribution in [1.82, 2.24) is 0 Å². The highest BCUT2D eigenvalue weighted by Gasteiger charge is 2.18. The van der Waals surface area contributed by atoms with Crippen molar-refractivity contribution in [3.63, 3.8) is 0 Å². The average molecular weight is 337 g/mol. The fourth-order valence-corrected chi connectivity index (χ4v) is 1.96. The van der Waals surface area contributed by atoms with E-state index in [9.17, 15) is 14.9 Å². The van der Waals surface area contributed by atoms with Gasteiger partial charge in [0.15, 0.2) is 0 Å². The summed E-state index contributed by atoms with van der Waals surface area (Å²) in [6.07, 6.45) is 2.55. The maximum Gasteiger partial charge on any atom is 0.281 e. The number of nitro groups is 1. The van der Waals surface area contributed by atoms with Gasteiger partial charge in [0.05, 0.1) is 10.5 Å². The third-order valence-electron chi connectivity index (χ3n) is 2.46. The monoisotopic (exact) mass is 336 g/mol. The van der Waals surface area contributed by atoms with Crippen LogP contribution >= 0.6 is 15.9 Å². The average Bonchev–Trinajstić information content (AvgIpc) is 2.84. The van der Waals surface area contributed by atoms with Gasteiger partial charge < -0.3 is 10.2 Å². The van der Waals surface area contributed by atoms with Crippen molar-refractivity contribution in [3.8, 4) is 11.3 Å². The van der Waals surface area contributed by atoms with Gasteiger partial charge in [-0.2, -0.15) is 0 Å². The van der Waals surface area contributed by atoms with Gasteiger partial charge in [-0.05, 0) is 30.3 Å². The molecule has 0 aliphatic heterocycles. The van der Waals surface area contributed by atoms with Gasteiger partial charge in [-0.3, -0.25) is 14.9 Å². The minimum Gasteiger partial charge on any atom is -0.456 e. The Morgan fingerprint density at radius 2 is 2.10 bits per heavy atom. The molecule has 102 valence electrons. The summed E-state index contributed by atoms with van der Waals surface area (Å²) < 4.78 is 6.04. The van der Waals surface area contributed by atoms with E-state index in [-0.39, 0.29) is 5.69 Å². The highest BCUT2D eigenvalue weighted by atomic mass is 79.9. The van der Waals surface area contributed by atoms with Gasteiger partial charge in [-0.15, -0.1) is 0 Å². The van der Waals surface area contributed by atoms with Crippen LogP contribution in [0.3, 0.4) is 0 Å². The zero-order chi connectivity index (χ0) is 14.7. The van der Waals surface area contributed by atoms with Crippen LogP contribution in [0.2, 0.25) is 0 Å². The molecule has 0 atom stereocenters. The molecule has 0 radical (unpaired) electrons. The number of nitrogens with two attached hydrogens (primary N) is 1. The van der Waals surface area contributed by atoms with Crippen molar-refractivity contribution in [3.05, 3.63) is 56.8 Å². The summed E-state index contributed by atoms with van der Waals surface area (Å²) in [4.78, 5) is 21.2. The van der Waals surface area contributed by atoms with Crippen LogP contribution in [-0.4, -0.2) is 10.8 Å². The maximum atomic E-state index is 11.0. The number of furan rings is 1. The number of benzene rings is 1. The zero-order valence-corrected chi connectivity index (χ0v) is 11.7. The van der Waals surface area contributed by atoms with Crippen molar-refractivity contribution >= 4 is 33.6 Å². The number of hydrogen-bond donors (Lipinski definition) is 1. The number of nitrogens with zero attached hydrogens (tertiary/aromatic N) is 1. The first kappa shape index (κ1) is 14.0. The van der Waals surface area contributed by atoms with E-state index in [4.69, 9.17) is 10.2 Å². The van der Waals surface area contributed by atoms with Crippen LogP contribution < -0.4 is 5.73 Å². The van der Waals surface area contributed by atoms with E-state index in [0.717, 1.165) is 6.08 Å². The molecule has 0 saturated carbocycles. The van der Waals surface area contributed by atoms with Crippen LogP contribution in [0, 0.1) is 10.1 Å². The second-order valence-corrected chi connectivity index (χ2v) is 4.77. The lowest BCUT2D eigenvalue weighted by Gasteiger charge is -2.00. The highest BCUT2D eigenvalue weighted by Crippen LogP contribution is 2.33. The number of carbonyl (C=O) groups excluding carboxylic acids is 1. The first-order valence-electron chi connectivity index (χ1n) is 5.49. The van der Waals surface area contributed by atoms with Gasteiger partial charge in [-0.1, -0.05) is 15.9 Å². The second kappa shape index (κ2) is 5.70. The molecule has 2 rings (SSSR count). The van der Waals surface area contributed by atoms with Gasteiger partial charge in [0.25, 0.3) is 5.69 Å². The molecule has 0 aliphatic carbocycles. The first-order chi connectivity index (χ1) is 9.47. The van der Waals surface area contributed by atoms with E-state index in [1.54, 1.807) is 24.3 Å². The molecule has 0 bridgehead atoms. The maximum absolute atomic E-state index is 11.0. The fraction of sp³-hybridized carbons (Fsp3) is 0. The van der Waals surface area contributed by atoms with Gasteiger partial charge >= 0.3 is 0 Å². The lowest BCUT2D eigenvalue weighted by Crippen LogP contribution is -2.04. The highest BCUT2D eigenvalue weighted by molar-refractivity contribution is 9.10. The Bertz CT molecular complexity index is 706. The van der Waals surface area contributed by atoms with E-state index in [2.05, 4.69) is 15.9 Å². The predicted molar refractivity (Wildman–Crippen MR) is 76.7 cm³/mol. The van der Waals surface area contributed by atoms with Gasteiger partial charge in [-0.25, -0.2) is 0 Å². The predicted octanol–water partition coefficient (Wildman–Crippen LogP) is 3.12. The molecule has 2 N–H and O–H groups in total. The normalized spacial score (nSPS) is 10.8. The second-order valence-electron chi connectivity index (χ2n) is 3.86. The Morgan fingerprint density at radius 3 is 2.75 bits per heavy atom. The molecule has 0 fully saturated rings. The van der Waals surface area contributed by atoms with Crippen molar-refractivity contribution < 1.29 is 14.1 Å². The van der Waals surface area contributed by atoms with Crippen molar-refractivity contribution in [2.45, 2.75) is 0 Å². The molecule has 0 saturated heterocycles. The van der Waals surface area contributed by atoms with Crippen LogP contribution in [0.1, 0.15) is 5.76 Å². The lowest BCUT2D eigenvalue weighted by atomic mass is 10.1. The summed E-state index contributed by atoms with van der Waals surface area (Å²) in [5.41, 5.74) is 5.26. The van der Waals surface area contributed by atoms with Crippen molar-refractivity contribution in [2.24, 2.45) is 5.73 Å². The Morgan fingerprint density at radius 1 is 1.35 bits per heavy atom. The van der Waals surface area contributed by atoms with Gasteiger partial charge in [0.2, 0.25) is 5.91 Å². The molecule has 20 heavy (non-hydrogen) atoms. The number of primary amides is 1. The quantitative estimate of drug-likeness (QED) is 0.526. The molecule has 1 heterocycles. The number of rotatable bonds is 4. The van der Waals surface area contributed by atoms with E-state index in [0.29, 0.717) is 21.6 Å². The Kier molecular flexibility index (Phi) is 3.99. The van der Waals surface area contributed by atoms with E-state index >= 15 is 0 Å². The van der Waals surface area contributed by atoms with Crippen LogP contribution in [0.4, 0.5) is 5.69 Å². The molecule has 1 aromatic heterocycles. The van der Waals surface area contributed by atoms with Gasteiger partial charge in [0.1, 0.15) is 11.5 Å². The molecular weight excluding hydrogens is 328 g/mol. The molecule has 0 unspecified atom stereocenters. The molecule has 1 aromatic carbocycles. The van der Waals surface area contributed by atoms with Crippen molar-refractivity contribution in [2.75, 3.05) is 0 Å². The molecule has 7 heteroatoms. The number of halogens is 1. The smallest absolute Gasteiger partial charge is 0.281 e. The van der Waals surface area contributed by atoms with E-state index in [1.165, 1.54) is 12.1 Å². The van der Waals surface area contributed by atoms with Crippen LogP contribution in [0.25, 0.3) is 17.4 Å². The third-order valence-corrected chi connectivity index (χ3v) is 2.95. The molecule has 1 amide bonds. The Balaban J connectivity index is 2.42. The standard InChI is InChI=1S/C13H9BrN2O4/c14-8-1-4-10(11(7-8)16(18)19)12-5-2-9(20-12)3-6-13(15)17/h1-7H,(H2,15,17)/b6-3-. The first-order valence-corrected chi connectivity index (χ1v) is 6.28. The van der Waals surface area contributed by atoms with Crippen LogP contribution in [0.15, 0.2) is 45.3 Å². The van der Waals surface area contributed by atoms with Crippen LogP contribution in [-0.2, 0) is 4.79 Å². The van der Waals surface area contributed by atoms with Gasteiger partial charge in [0, 0.05) is 16.6 Å². The minimum absolute atomic E-state index is 0.0702. The molecule has 6 nitrogen and oxygen atoms in total. The lowest BCUT2D eigenvalue weighted by molar-refractivity contribution is -0.384. The summed E-state index contributed by atoms with van der Waals surface area (Å²) in [5, 5.41) is 11.0. The Hall–Kier alpha value is -2.41. The molecule has 0 aliphatic rings. The largest absolute Gasteiger partial charge is 0.456 e.